The smallest absolute Gasteiger partial charge is 0.260 e. The van der Waals surface area contributed by atoms with Crippen LogP contribution in [0.2, 0.25) is 0 Å². The Balaban J connectivity index is 1.79. The second kappa shape index (κ2) is 6.70. The zero-order valence-corrected chi connectivity index (χ0v) is 14.5. The van der Waals surface area contributed by atoms with Crippen LogP contribution in [0.15, 0.2) is 17.1 Å². The predicted octanol–water partition coefficient (Wildman–Crippen LogP) is 0.593. The molecule has 4 rings (SSSR count). The maximum absolute atomic E-state index is 12.6. The third-order valence-electron chi connectivity index (χ3n) is 4.75. The second-order valence-corrected chi connectivity index (χ2v) is 6.69. The molecule has 0 saturated carbocycles. The van der Waals surface area contributed by atoms with Crippen molar-refractivity contribution >= 4 is 16.9 Å². The molecule has 2 aromatic rings. The first-order valence-electron chi connectivity index (χ1n) is 8.73. The summed E-state index contributed by atoms with van der Waals surface area (Å²) < 4.78 is 11.4. The quantitative estimate of drug-likeness (QED) is 0.823. The summed E-state index contributed by atoms with van der Waals surface area (Å²) in [5.74, 6) is 0.569. The first kappa shape index (κ1) is 16.4. The third-order valence-corrected chi connectivity index (χ3v) is 4.75. The molecule has 0 aliphatic carbocycles. The molecule has 2 saturated heterocycles. The van der Waals surface area contributed by atoms with E-state index in [9.17, 15) is 4.79 Å². The van der Waals surface area contributed by atoms with E-state index in [4.69, 9.17) is 14.5 Å². The second-order valence-electron chi connectivity index (χ2n) is 6.69. The number of hydrogen-bond acceptors (Lipinski definition) is 7. The van der Waals surface area contributed by atoms with Gasteiger partial charge in [0.1, 0.15) is 11.6 Å². The molecule has 2 fully saturated rings. The summed E-state index contributed by atoms with van der Waals surface area (Å²) >= 11 is 0. The minimum absolute atomic E-state index is 0.0924. The van der Waals surface area contributed by atoms with E-state index in [-0.39, 0.29) is 17.7 Å². The predicted molar refractivity (Wildman–Crippen MR) is 93.9 cm³/mol. The van der Waals surface area contributed by atoms with Gasteiger partial charge < -0.3 is 19.7 Å². The van der Waals surface area contributed by atoms with Gasteiger partial charge in [-0.3, -0.25) is 14.8 Å². The van der Waals surface area contributed by atoms with Crippen molar-refractivity contribution in [3.05, 3.63) is 28.3 Å². The number of rotatable bonds is 2. The van der Waals surface area contributed by atoms with Crippen LogP contribution < -0.4 is 15.8 Å². The molecular formula is C17H23N5O3. The van der Waals surface area contributed by atoms with Gasteiger partial charge in [0.05, 0.1) is 30.9 Å². The lowest BCUT2D eigenvalue weighted by molar-refractivity contribution is -0.0222. The summed E-state index contributed by atoms with van der Waals surface area (Å²) in [6, 6.07) is 2.09. The molecule has 2 aromatic heterocycles. The average molecular weight is 345 g/mol. The van der Waals surface area contributed by atoms with Crippen molar-refractivity contribution in [1.29, 1.82) is 0 Å². The molecule has 3 atom stereocenters. The number of aromatic nitrogens is 3. The van der Waals surface area contributed by atoms with Crippen LogP contribution in [0.1, 0.15) is 25.6 Å². The van der Waals surface area contributed by atoms with E-state index < -0.39 is 0 Å². The van der Waals surface area contributed by atoms with E-state index >= 15 is 0 Å². The van der Waals surface area contributed by atoms with E-state index in [1.165, 1.54) is 0 Å². The molecule has 0 amide bonds. The van der Waals surface area contributed by atoms with E-state index in [1.807, 2.05) is 4.90 Å². The number of aromatic amines is 1. The van der Waals surface area contributed by atoms with E-state index in [0.29, 0.717) is 61.5 Å². The highest BCUT2D eigenvalue weighted by Crippen LogP contribution is 2.28. The fourth-order valence-corrected chi connectivity index (χ4v) is 3.50. The Kier molecular flexibility index (Phi) is 4.41. The molecule has 0 spiro atoms. The molecule has 2 aliphatic heterocycles. The van der Waals surface area contributed by atoms with E-state index in [1.54, 1.807) is 12.3 Å². The zero-order valence-electron chi connectivity index (χ0n) is 14.5. The summed E-state index contributed by atoms with van der Waals surface area (Å²) in [5.41, 5.74) is 1.17. The SMILES string of the molecule is C[C@@H]1COC(c2nccc3c(=O)[nH]c(N4CCOCC4)nc23)[C@H](C)N1. The van der Waals surface area contributed by atoms with Crippen molar-refractivity contribution in [2.24, 2.45) is 0 Å². The summed E-state index contributed by atoms with van der Waals surface area (Å²) in [6.45, 7) is 7.43. The van der Waals surface area contributed by atoms with Gasteiger partial charge in [0, 0.05) is 31.4 Å². The molecule has 1 unspecified atom stereocenters. The van der Waals surface area contributed by atoms with Gasteiger partial charge in [0.25, 0.3) is 5.56 Å². The molecule has 25 heavy (non-hydrogen) atoms. The number of anilines is 1. The maximum atomic E-state index is 12.6. The van der Waals surface area contributed by atoms with Crippen LogP contribution in [0.5, 0.6) is 0 Å². The van der Waals surface area contributed by atoms with Crippen molar-refractivity contribution in [3.8, 4) is 0 Å². The lowest BCUT2D eigenvalue weighted by Gasteiger charge is -2.34. The Morgan fingerprint density at radius 1 is 1.28 bits per heavy atom. The maximum Gasteiger partial charge on any atom is 0.260 e. The fourth-order valence-electron chi connectivity index (χ4n) is 3.50. The molecule has 2 aliphatic rings. The Bertz CT molecular complexity index is 818. The molecule has 2 N–H and O–H groups in total. The number of hydrogen-bond donors (Lipinski definition) is 2. The van der Waals surface area contributed by atoms with E-state index in [0.717, 1.165) is 0 Å². The van der Waals surface area contributed by atoms with Crippen LogP contribution in [-0.2, 0) is 9.47 Å². The van der Waals surface area contributed by atoms with Crippen molar-refractivity contribution in [1.82, 2.24) is 20.3 Å². The van der Waals surface area contributed by atoms with Gasteiger partial charge in [-0.1, -0.05) is 0 Å². The van der Waals surface area contributed by atoms with Crippen LogP contribution in [0.4, 0.5) is 5.95 Å². The Hall–Kier alpha value is -2.03. The Morgan fingerprint density at radius 3 is 2.84 bits per heavy atom. The lowest BCUT2D eigenvalue weighted by atomic mass is 10.0. The van der Waals surface area contributed by atoms with Crippen LogP contribution in [0.25, 0.3) is 10.9 Å². The first-order chi connectivity index (χ1) is 12.1. The molecule has 8 nitrogen and oxygen atoms in total. The number of H-pyrrole nitrogens is 1. The van der Waals surface area contributed by atoms with Crippen molar-refractivity contribution in [2.75, 3.05) is 37.8 Å². The summed E-state index contributed by atoms with van der Waals surface area (Å²) in [4.78, 5) is 26.7. The third kappa shape index (κ3) is 3.12. The topological polar surface area (TPSA) is 92.4 Å². The molecular weight excluding hydrogens is 322 g/mol. The minimum Gasteiger partial charge on any atom is -0.378 e. The average Bonchev–Trinajstić information content (AvgIpc) is 2.62. The number of ether oxygens (including phenoxy) is 2. The first-order valence-corrected chi connectivity index (χ1v) is 8.73. The van der Waals surface area contributed by atoms with Crippen LogP contribution in [0, 0.1) is 0 Å². The van der Waals surface area contributed by atoms with Crippen LogP contribution >= 0.6 is 0 Å². The van der Waals surface area contributed by atoms with E-state index in [2.05, 4.69) is 29.1 Å². The number of pyridine rings is 1. The highest BCUT2D eigenvalue weighted by atomic mass is 16.5. The van der Waals surface area contributed by atoms with Crippen LogP contribution in [-0.4, -0.2) is 59.9 Å². The Morgan fingerprint density at radius 2 is 2.08 bits per heavy atom. The number of nitrogens with zero attached hydrogens (tertiary/aromatic N) is 3. The largest absolute Gasteiger partial charge is 0.378 e. The zero-order chi connectivity index (χ0) is 17.4. The van der Waals surface area contributed by atoms with Crippen molar-refractivity contribution in [2.45, 2.75) is 32.0 Å². The van der Waals surface area contributed by atoms with Crippen molar-refractivity contribution < 1.29 is 9.47 Å². The highest BCUT2D eigenvalue weighted by molar-refractivity contribution is 5.81. The molecule has 0 radical (unpaired) electrons. The minimum atomic E-state index is -0.230. The summed E-state index contributed by atoms with van der Waals surface area (Å²) in [5, 5.41) is 4.02. The summed E-state index contributed by atoms with van der Waals surface area (Å²) in [7, 11) is 0. The van der Waals surface area contributed by atoms with Gasteiger partial charge in [0.2, 0.25) is 5.95 Å². The summed E-state index contributed by atoms with van der Waals surface area (Å²) in [6.07, 6.45) is 1.42. The molecule has 0 bridgehead atoms. The van der Waals surface area contributed by atoms with Gasteiger partial charge in [-0.25, -0.2) is 4.98 Å². The normalized spacial score (nSPS) is 27.6. The Labute approximate surface area is 145 Å². The van der Waals surface area contributed by atoms with Gasteiger partial charge in [-0.05, 0) is 19.9 Å². The van der Waals surface area contributed by atoms with Gasteiger partial charge >= 0.3 is 0 Å². The van der Waals surface area contributed by atoms with Crippen LogP contribution in [0.3, 0.4) is 0 Å². The number of nitrogens with one attached hydrogen (secondary N) is 2. The fraction of sp³-hybridized carbons (Fsp3) is 0.588. The molecule has 4 heterocycles. The lowest BCUT2D eigenvalue weighted by Crippen LogP contribution is -2.47. The molecule has 134 valence electrons. The van der Waals surface area contributed by atoms with Gasteiger partial charge in [0.15, 0.2) is 0 Å². The molecule has 0 aromatic carbocycles. The monoisotopic (exact) mass is 345 g/mol. The van der Waals surface area contributed by atoms with Gasteiger partial charge in [-0.2, -0.15) is 0 Å². The number of morpholine rings is 2. The number of fused-ring (bicyclic) bond motifs is 1. The standard InChI is InChI=1S/C17H23N5O3/c1-10-9-25-15(11(2)19-10)14-13-12(3-4-18-14)16(23)21-17(20-13)22-5-7-24-8-6-22/h3-4,10-11,15,19H,5-9H2,1-2H3,(H,20,21,23)/t10-,11+,15?/m1/s1. The molecule has 8 heteroatoms. The highest BCUT2D eigenvalue weighted by Gasteiger charge is 2.30. The van der Waals surface area contributed by atoms with Gasteiger partial charge in [-0.15, -0.1) is 0 Å². The van der Waals surface area contributed by atoms with Crippen molar-refractivity contribution in [3.63, 3.8) is 0 Å².